The van der Waals surface area contributed by atoms with E-state index in [1.165, 1.54) is 12.0 Å². The fourth-order valence-electron chi connectivity index (χ4n) is 1.82. The Bertz CT molecular complexity index is 488. The molecule has 0 amide bonds. The Labute approximate surface area is 111 Å². The van der Waals surface area contributed by atoms with Gasteiger partial charge in [0.05, 0.1) is 7.11 Å². The summed E-state index contributed by atoms with van der Waals surface area (Å²) in [7, 11) is 1.25. The molecule has 98 valence electrons. The van der Waals surface area contributed by atoms with Crippen molar-refractivity contribution in [2.45, 2.75) is 6.23 Å². The number of nitrogens with zero attached hydrogens (tertiary/aromatic N) is 1. The molecule has 0 aliphatic rings. The van der Waals surface area contributed by atoms with Gasteiger partial charge in [0.15, 0.2) is 0 Å². The van der Waals surface area contributed by atoms with E-state index >= 15 is 0 Å². The highest BCUT2D eigenvalue weighted by Crippen LogP contribution is 2.26. The molecule has 0 bridgehead atoms. The SMILES string of the molecule is COC(=O)C(O)N(c1ccccc1)c1ccccc1. The number of hydrogen-bond donors (Lipinski definition) is 1. The number of anilines is 2. The molecular formula is C15H15NO3. The largest absolute Gasteiger partial charge is 0.466 e. The van der Waals surface area contributed by atoms with Gasteiger partial charge in [-0.2, -0.15) is 0 Å². The van der Waals surface area contributed by atoms with Crippen molar-refractivity contribution in [1.29, 1.82) is 0 Å². The Balaban J connectivity index is 2.43. The Kier molecular flexibility index (Phi) is 4.15. The molecule has 4 nitrogen and oxygen atoms in total. The average Bonchev–Trinajstić information content (AvgIpc) is 2.49. The molecule has 0 heterocycles. The van der Waals surface area contributed by atoms with E-state index in [0.717, 1.165) is 0 Å². The highest BCUT2D eigenvalue weighted by atomic mass is 16.5. The summed E-state index contributed by atoms with van der Waals surface area (Å²) in [5.74, 6) is -0.701. The van der Waals surface area contributed by atoms with E-state index in [-0.39, 0.29) is 0 Å². The topological polar surface area (TPSA) is 49.8 Å². The van der Waals surface area contributed by atoms with E-state index in [1.54, 1.807) is 0 Å². The predicted molar refractivity (Wildman–Crippen MR) is 73.0 cm³/mol. The molecule has 2 rings (SSSR count). The van der Waals surface area contributed by atoms with Crippen molar-refractivity contribution in [2.75, 3.05) is 12.0 Å². The van der Waals surface area contributed by atoms with Crippen LogP contribution < -0.4 is 4.90 Å². The Morgan fingerprint density at radius 1 is 1.00 bits per heavy atom. The summed E-state index contributed by atoms with van der Waals surface area (Å²) in [5.41, 5.74) is 1.43. The quantitative estimate of drug-likeness (QED) is 0.674. The number of ether oxygens (including phenoxy) is 1. The Morgan fingerprint density at radius 2 is 1.42 bits per heavy atom. The zero-order chi connectivity index (χ0) is 13.7. The minimum absolute atomic E-state index is 0.701. The number of rotatable bonds is 4. The minimum Gasteiger partial charge on any atom is -0.466 e. The van der Waals surface area contributed by atoms with Gasteiger partial charge in [-0.25, -0.2) is 4.79 Å². The monoisotopic (exact) mass is 257 g/mol. The van der Waals surface area contributed by atoms with Crippen molar-refractivity contribution < 1.29 is 14.6 Å². The summed E-state index contributed by atoms with van der Waals surface area (Å²) >= 11 is 0. The molecule has 2 aromatic carbocycles. The zero-order valence-corrected chi connectivity index (χ0v) is 10.6. The first-order chi connectivity index (χ1) is 9.24. The van der Waals surface area contributed by atoms with Gasteiger partial charge in [-0.1, -0.05) is 36.4 Å². The maximum absolute atomic E-state index is 11.6. The third kappa shape index (κ3) is 2.92. The van der Waals surface area contributed by atoms with Crippen LogP contribution >= 0.6 is 0 Å². The summed E-state index contributed by atoms with van der Waals surface area (Å²) in [6.45, 7) is 0. The molecule has 4 heteroatoms. The van der Waals surface area contributed by atoms with Crippen LogP contribution in [0.5, 0.6) is 0 Å². The van der Waals surface area contributed by atoms with E-state index in [4.69, 9.17) is 0 Å². The van der Waals surface area contributed by atoms with Crippen LogP contribution in [0.15, 0.2) is 60.7 Å². The maximum atomic E-state index is 11.6. The molecule has 0 radical (unpaired) electrons. The third-order valence-corrected chi connectivity index (χ3v) is 2.73. The van der Waals surface area contributed by atoms with Gasteiger partial charge in [-0.15, -0.1) is 0 Å². The lowest BCUT2D eigenvalue weighted by atomic mass is 10.2. The first-order valence-corrected chi connectivity index (χ1v) is 5.89. The molecule has 0 aromatic heterocycles. The van der Waals surface area contributed by atoms with Crippen LogP contribution in [0.4, 0.5) is 11.4 Å². The molecule has 1 unspecified atom stereocenters. The van der Waals surface area contributed by atoms with Gasteiger partial charge >= 0.3 is 5.97 Å². The van der Waals surface area contributed by atoms with Crippen molar-refractivity contribution in [3.05, 3.63) is 60.7 Å². The van der Waals surface area contributed by atoms with Crippen molar-refractivity contribution >= 4 is 17.3 Å². The molecule has 1 N–H and O–H groups in total. The number of methoxy groups -OCH3 is 1. The van der Waals surface area contributed by atoms with Gasteiger partial charge in [0, 0.05) is 11.4 Å². The zero-order valence-electron chi connectivity index (χ0n) is 10.6. The molecule has 0 aliphatic carbocycles. The first kappa shape index (κ1) is 13.1. The van der Waals surface area contributed by atoms with Crippen molar-refractivity contribution in [2.24, 2.45) is 0 Å². The molecule has 2 aromatic rings. The lowest BCUT2D eigenvalue weighted by Crippen LogP contribution is -2.38. The van der Waals surface area contributed by atoms with Crippen LogP contribution in [0.25, 0.3) is 0 Å². The number of carbonyl (C=O) groups excluding carboxylic acids is 1. The van der Waals surface area contributed by atoms with E-state index in [1.807, 2.05) is 60.7 Å². The van der Waals surface area contributed by atoms with Gasteiger partial charge in [0.2, 0.25) is 6.23 Å². The second kappa shape index (κ2) is 6.02. The summed E-state index contributed by atoms with van der Waals surface area (Å²) < 4.78 is 4.61. The van der Waals surface area contributed by atoms with Crippen molar-refractivity contribution in [3.63, 3.8) is 0 Å². The number of aliphatic hydroxyl groups is 1. The summed E-state index contributed by atoms with van der Waals surface area (Å²) in [5, 5.41) is 10.1. The van der Waals surface area contributed by atoms with Gasteiger partial charge in [0.25, 0.3) is 0 Å². The lowest BCUT2D eigenvalue weighted by molar-refractivity contribution is -0.149. The normalized spacial score (nSPS) is 11.7. The van der Waals surface area contributed by atoms with Crippen LogP contribution in [0.1, 0.15) is 0 Å². The van der Waals surface area contributed by atoms with Crippen LogP contribution in [-0.4, -0.2) is 24.4 Å². The predicted octanol–water partition coefficient (Wildman–Crippen LogP) is 2.32. The van der Waals surface area contributed by atoms with Gasteiger partial charge < -0.3 is 14.7 Å². The molecule has 0 aliphatic heterocycles. The number of hydrogen-bond acceptors (Lipinski definition) is 4. The minimum atomic E-state index is -1.38. The van der Waals surface area contributed by atoms with Crippen LogP contribution in [0.3, 0.4) is 0 Å². The smallest absolute Gasteiger partial charge is 0.356 e. The molecule has 0 saturated heterocycles. The fourth-order valence-corrected chi connectivity index (χ4v) is 1.82. The molecular weight excluding hydrogens is 242 g/mol. The standard InChI is InChI=1S/C15H15NO3/c1-19-15(18)14(17)16(12-8-4-2-5-9-12)13-10-6-3-7-11-13/h2-11,14,17H,1H3. The highest BCUT2D eigenvalue weighted by Gasteiger charge is 2.25. The van der Waals surface area contributed by atoms with Crippen molar-refractivity contribution in [3.8, 4) is 0 Å². The first-order valence-electron chi connectivity index (χ1n) is 5.89. The second-order valence-corrected chi connectivity index (χ2v) is 3.94. The fraction of sp³-hybridized carbons (Fsp3) is 0.133. The van der Waals surface area contributed by atoms with Crippen LogP contribution in [0.2, 0.25) is 0 Å². The molecule has 1 atom stereocenters. The number of esters is 1. The van der Waals surface area contributed by atoms with E-state index in [0.29, 0.717) is 11.4 Å². The van der Waals surface area contributed by atoms with Crippen molar-refractivity contribution in [1.82, 2.24) is 0 Å². The Morgan fingerprint density at radius 3 is 1.79 bits per heavy atom. The molecule has 19 heavy (non-hydrogen) atoms. The van der Waals surface area contributed by atoms with E-state index in [9.17, 15) is 9.90 Å². The molecule has 0 saturated carbocycles. The van der Waals surface area contributed by atoms with Crippen LogP contribution in [0, 0.1) is 0 Å². The van der Waals surface area contributed by atoms with Gasteiger partial charge in [-0.3, -0.25) is 0 Å². The van der Waals surface area contributed by atoms with Crippen LogP contribution in [-0.2, 0) is 9.53 Å². The summed E-state index contributed by atoms with van der Waals surface area (Å²) in [4.78, 5) is 13.1. The molecule has 0 fully saturated rings. The molecule has 0 spiro atoms. The van der Waals surface area contributed by atoms with E-state index < -0.39 is 12.2 Å². The number of aliphatic hydroxyl groups excluding tert-OH is 1. The second-order valence-electron chi connectivity index (χ2n) is 3.94. The van der Waals surface area contributed by atoms with E-state index in [2.05, 4.69) is 4.74 Å². The van der Waals surface area contributed by atoms with Gasteiger partial charge in [0.1, 0.15) is 0 Å². The number of carbonyl (C=O) groups is 1. The Hall–Kier alpha value is -2.33. The third-order valence-electron chi connectivity index (χ3n) is 2.73. The lowest BCUT2D eigenvalue weighted by Gasteiger charge is -2.28. The maximum Gasteiger partial charge on any atom is 0.356 e. The number of para-hydroxylation sites is 2. The van der Waals surface area contributed by atoms with Gasteiger partial charge in [-0.05, 0) is 24.3 Å². The summed E-state index contributed by atoms with van der Waals surface area (Å²) in [6.07, 6.45) is -1.38. The average molecular weight is 257 g/mol. The highest BCUT2D eigenvalue weighted by molar-refractivity contribution is 5.82. The summed E-state index contributed by atoms with van der Waals surface area (Å²) in [6, 6.07) is 18.4. The number of benzene rings is 2.